The highest BCUT2D eigenvalue weighted by atomic mass is 32.1. The summed E-state index contributed by atoms with van der Waals surface area (Å²) >= 11 is 1.49. The number of hydrogen-bond acceptors (Lipinski definition) is 8. The van der Waals surface area contributed by atoms with Crippen LogP contribution in [0.5, 0.6) is 0 Å². The van der Waals surface area contributed by atoms with Crippen molar-refractivity contribution in [2.24, 2.45) is 0 Å². The van der Waals surface area contributed by atoms with Gasteiger partial charge in [0.25, 0.3) is 0 Å². The van der Waals surface area contributed by atoms with E-state index >= 15 is 0 Å². The Morgan fingerprint density at radius 1 is 1.35 bits per heavy atom. The summed E-state index contributed by atoms with van der Waals surface area (Å²) in [5.41, 5.74) is 1.79. The van der Waals surface area contributed by atoms with Crippen LogP contribution in [-0.4, -0.2) is 52.5 Å². The van der Waals surface area contributed by atoms with Gasteiger partial charge in [0.2, 0.25) is 5.95 Å². The summed E-state index contributed by atoms with van der Waals surface area (Å²) < 4.78 is 5.11. The standard InChI is InChI=1S/C14H17N7OS/c1-21(6-7-22-2)12-10(8-17-20-12)11-9-23-14(18-11)19-13-15-4-3-5-16-13/h3-5,8-9H,6-7H2,1-2H3,(H,17,20)(H,15,16,18,19). The first-order valence-corrected chi connectivity index (χ1v) is 7.89. The molecule has 9 heteroatoms. The van der Waals surface area contributed by atoms with E-state index in [0.29, 0.717) is 12.6 Å². The lowest BCUT2D eigenvalue weighted by Gasteiger charge is -2.16. The lowest BCUT2D eigenvalue weighted by Crippen LogP contribution is -2.22. The van der Waals surface area contributed by atoms with E-state index in [1.807, 2.05) is 23.5 Å². The minimum atomic E-state index is 0.526. The van der Waals surface area contributed by atoms with Crippen molar-refractivity contribution in [3.63, 3.8) is 0 Å². The molecular weight excluding hydrogens is 314 g/mol. The third-order valence-corrected chi connectivity index (χ3v) is 3.94. The Morgan fingerprint density at radius 2 is 2.17 bits per heavy atom. The first-order chi connectivity index (χ1) is 11.3. The lowest BCUT2D eigenvalue weighted by molar-refractivity contribution is 0.206. The van der Waals surface area contributed by atoms with Crippen LogP contribution in [0.4, 0.5) is 16.9 Å². The van der Waals surface area contributed by atoms with Gasteiger partial charge in [0.15, 0.2) is 10.9 Å². The van der Waals surface area contributed by atoms with E-state index < -0.39 is 0 Å². The average molecular weight is 331 g/mol. The van der Waals surface area contributed by atoms with Crippen molar-refractivity contribution in [2.75, 3.05) is 37.5 Å². The van der Waals surface area contributed by atoms with Gasteiger partial charge in [0, 0.05) is 44.7 Å². The van der Waals surface area contributed by atoms with Gasteiger partial charge in [0.1, 0.15) is 0 Å². The number of rotatable bonds is 7. The summed E-state index contributed by atoms with van der Waals surface area (Å²) in [4.78, 5) is 14.9. The third kappa shape index (κ3) is 3.63. The Morgan fingerprint density at radius 3 is 2.96 bits per heavy atom. The number of aromatic amines is 1. The number of methoxy groups -OCH3 is 1. The number of nitrogens with one attached hydrogen (secondary N) is 2. The molecule has 120 valence electrons. The lowest BCUT2D eigenvalue weighted by atomic mass is 10.2. The highest BCUT2D eigenvalue weighted by molar-refractivity contribution is 7.14. The molecule has 0 aliphatic heterocycles. The van der Waals surface area contributed by atoms with Gasteiger partial charge in [-0.15, -0.1) is 11.3 Å². The Balaban J connectivity index is 1.77. The molecule has 8 nitrogen and oxygen atoms in total. The maximum absolute atomic E-state index is 5.11. The van der Waals surface area contributed by atoms with Gasteiger partial charge in [-0.05, 0) is 6.07 Å². The molecule has 2 N–H and O–H groups in total. The van der Waals surface area contributed by atoms with Crippen molar-refractivity contribution in [3.05, 3.63) is 30.0 Å². The number of hydrogen-bond donors (Lipinski definition) is 2. The zero-order valence-corrected chi connectivity index (χ0v) is 13.7. The van der Waals surface area contributed by atoms with Crippen molar-refractivity contribution in [2.45, 2.75) is 0 Å². The topological polar surface area (TPSA) is 91.8 Å². The van der Waals surface area contributed by atoms with E-state index in [1.165, 1.54) is 11.3 Å². The number of thiazole rings is 1. The Bertz CT molecular complexity index is 742. The van der Waals surface area contributed by atoms with Crippen LogP contribution in [0.25, 0.3) is 11.3 Å². The molecule has 3 aromatic heterocycles. The summed E-state index contributed by atoms with van der Waals surface area (Å²) in [5, 5.41) is 13.0. The second-order valence-corrected chi connectivity index (χ2v) is 5.63. The molecule has 3 aromatic rings. The molecule has 0 atom stereocenters. The van der Waals surface area contributed by atoms with Crippen LogP contribution in [-0.2, 0) is 4.74 Å². The molecule has 0 saturated carbocycles. The van der Waals surface area contributed by atoms with Crippen molar-refractivity contribution >= 4 is 28.2 Å². The number of anilines is 3. The van der Waals surface area contributed by atoms with Gasteiger partial charge >= 0.3 is 0 Å². The van der Waals surface area contributed by atoms with Crippen LogP contribution < -0.4 is 10.2 Å². The molecule has 0 aliphatic carbocycles. The minimum absolute atomic E-state index is 0.526. The van der Waals surface area contributed by atoms with Crippen LogP contribution >= 0.6 is 11.3 Å². The Kier molecular flexibility index (Phi) is 4.79. The second kappa shape index (κ2) is 7.16. The van der Waals surface area contributed by atoms with E-state index in [0.717, 1.165) is 28.8 Å². The van der Waals surface area contributed by atoms with Gasteiger partial charge in [-0.2, -0.15) is 5.10 Å². The maximum atomic E-state index is 5.11. The van der Waals surface area contributed by atoms with Gasteiger partial charge in [-0.1, -0.05) is 0 Å². The quantitative estimate of drug-likeness (QED) is 0.685. The van der Waals surface area contributed by atoms with Crippen LogP contribution in [0.3, 0.4) is 0 Å². The van der Waals surface area contributed by atoms with Crippen molar-refractivity contribution in [1.82, 2.24) is 25.1 Å². The average Bonchev–Trinajstić information content (AvgIpc) is 3.22. The molecule has 23 heavy (non-hydrogen) atoms. The molecule has 0 saturated heterocycles. The SMILES string of the molecule is COCCN(C)c1n[nH]cc1-c1csc(Nc2ncccn2)n1. The molecule has 0 aromatic carbocycles. The number of aromatic nitrogens is 5. The molecule has 0 bridgehead atoms. The molecule has 0 fully saturated rings. The van der Waals surface area contributed by atoms with Crippen molar-refractivity contribution in [3.8, 4) is 11.3 Å². The predicted molar refractivity (Wildman–Crippen MR) is 90.2 cm³/mol. The first kappa shape index (κ1) is 15.4. The first-order valence-electron chi connectivity index (χ1n) is 7.01. The van der Waals surface area contributed by atoms with Gasteiger partial charge < -0.3 is 15.0 Å². The summed E-state index contributed by atoms with van der Waals surface area (Å²) in [6.45, 7) is 1.39. The largest absolute Gasteiger partial charge is 0.383 e. The highest BCUT2D eigenvalue weighted by Crippen LogP contribution is 2.31. The van der Waals surface area contributed by atoms with E-state index in [9.17, 15) is 0 Å². The zero-order chi connectivity index (χ0) is 16.1. The monoisotopic (exact) mass is 331 g/mol. The molecule has 0 aliphatic rings. The van der Waals surface area contributed by atoms with Crippen LogP contribution in [0.15, 0.2) is 30.0 Å². The van der Waals surface area contributed by atoms with Gasteiger partial charge in [0.05, 0.1) is 17.9 Å². The number of nitrogens with zero attached hydrogens (tertiary/aromatic N) is 5. The molecule has 0 unspecified atom stereocenters. The fourth-order valence-electron chi connectivity index (χ4n) is 2.01. The highest BCUT2D eigenvalue weighted by Gasteiger charge is 2.15. The van der Waals surface area contributed by atoms with Gasteiger partial charge in [-0.25, -0.2) is 15.0 Å². The zero-order valence-electron chi connectivity index (χ0n) is 12.9. The van der Waals surface area contributed by atoms with E-state index in [2.05, 4.69) is 30.5 Å². The van der Waals surface area contributed by atoms with Crippen molar-refractivity contribution in [1.29, 1.82) is 0 Å². The molecular formula is C14H17N7OS. The number of ether oxygens (including phenoxy) is 1. The third-order valence-electron chi connectivity index (χ3n) is 3.18. The molecule has 3 heterocycles. The second-order valence-electron chi connectivity index (χ2n) is 4.77. The molecule has 0 amide bonds. The number of H-pyrrole nitrogens is 1. The Labute approximate surface area is 137 Å². The number of likely N-dealkylation sites (N-methyl/N-ethyl adjacent to an activating group) is 1. The van der Waals surface area contributed by atoms with E-state index in [1.54, 1.807) is 25.6 Å². The summed E-state index contributed by atoms with van der Waals surface area (Å²) in [7, 11) is 3.66. The minimum Gasteiger partial charge on any atom is -0.383 e. The molecule has 3 rings (SSSR count). The van der Waals surface area contributed by atoms with Crippen molar-refractivity contribution < 1.29 is 4.74 Å². The smallest absolute Gasteiger partial charge is 0.228 e. The van der Waals surface area contributed by atoms with E-state index in [4.69, 9.17) is 4.74 Å². The summed E-state index contributed by atoms with van der Waals surface area (Å²) in [5.74, 6) is 1.37. The van der Waals surface area contributed by atoms with E-state index in [-0.39, 0.29) is 0 Å². The summed E-state index contributed by atoms with van der Waals surface area (Å²) in [6.07, 6.45) is 5.21. The molecule has 0 radical (unpaired) electrons. The Hall–Kier alpha value is -2.52. The normalized spacial score (nSPS) is 10.7. The predicted octanol–water partition coefficient (Wildman–Crippen LogP) is 2.15. The molecule has 0 spiro atoms. The van der Waals surface area contributed by atoms with Crippen LogP contribution in [0.1, 0.15) is 0 Å². The van der Waals surface area contributed by atoms with Crippen LogP contribution in [0.2, 0.25) is 0 Å². The fourth-order valence-corrected chi connectivity index (χ4v) is 2.71. The summed E-state index contributed by atoms with van der Waals surface area (Å²) in [6, 6.07) is 1.77. The maximum Gasteiger partial charge on any atom is 0.228 e. The van der Waals surface area contributed by atoms with Crippen LogP contribution in [0, 0.1) is 0 Å². The van der Waals surface area contributed by atoms with Gasteiger partial charge in [-0.3, -0.25) is 5.10 Å². The fraction of sp³-hybridized carbons (Fsp3) is 0.286.